The average Bonchev–Trinajstić information content (AvgIpc) is 2.43. The van der Waals surface area contributed by atoms with Gasteiger partial charge in [-0.2, -0.15) is 8.42 Å². The Kier molecular flexibility index (Phi) is 9.80. The molecule has 0 amide bonds. The van der Waals surface area contributed by atoms with Gasteiger partial charge in [0.2, 0.25) is 0 Å². The summed E-state index contributed by atoms with van der Waals surface area (Å²) in [5.74, 6) is 0. The Bertz CT molecular complexity index is 434. The summed E-state index contributed by atoms with van der Waals surface area (Å²) in [5.41, 5.74) is 0. The molecule has 0 spiro atoms. The molecule has 0 atom stereocenters. The van der Waals surface area contributed by atoms with Gasteiger partial charge >= 0.3 is 15.4 Å². The summed E-state index contributed by atoms with van der Waals surface area (Å²) >= 11 is 3.16. The summed E-state index contributed by atoms with van der Waals surface area (Å²) in [6, 6.07) is 0. The van der Waals surface area contributed by atoms with Crippen LogP contribution in [-0.4, -0.2) is 23.4 Å². The van der Waals surface area contributed by atoms with Crippen molar-refractivity contribution in [3.63, 3.8) is 0 Å². The molecule has 0 unspecified atom stereocenters. The number of hydrogen-bond donors (Lipinski definition) is 4. The second-order valence-electron chi connectivity index (χ2n) is 2.59. The van der Waals surface area contributed by atoms with Gasteiger partial charge in [0.25, 0.3) is 0 Å². The fraction of sp³-hybridized carbons (Fsp3) is 0. The van der Waals surface area contributed by atoms with Crippen molar-refractivity contribution in [3.05, 3.63) is 47.5 Å². The van der Waals surface area contributed by atoms with Crippen LogP contribution in [0.2, 0.25) is 0 Å². The van der Waals surface area contributed by atoms with Crippen LogP contribution in [-0.2, 0) is 10.1 Å². The van der Waals surface area contributed by atoms with Gasteiger partial charge in [0.15, 0.2) is 0 Å². The zero-order valence-corrected chi connectivity index (χ0v) is 11.9. The highest BCUT2D eigenvalue weighted by atomic mass is 32.2. The van der Waals surface area contributed by atoms with E-state index in [-0.39, 0.29) is 0 Å². The van der Waals surface area contributed by atoms with E-state index < -0.39 is 15.4 Å². The minimum Gasteiger partial charge on any atom is -0.468 e. The third-order valence-corrected chi connectivity index (χ3v) is 2.77. The molecule has 19 heavy (non-hydrogen) atoms. The summed E-state index contributed by atoms with van der Waals surface area (Å²) in [7, 11) is -4.82. The first-order chi connectivity index (χ1) is 8.94. The molecule has 2 rings (SSSR count). The van der Waals surface area contributed by atoms with Gasteiger partial charge in [-0.3, -0.25) is 4.55 Å². The van der Waals surface area contributed by atoms with Crippen LogP contribution < -0.4 is 9.44 Å². The van der Waals surface area contributed by atoms with Gasteiger partial charge in [0.05, 0.1) is 0 Å². The van der Waals surface area contributed by atoms with Gasteiger partial charge in [-0.05, 0) is 46.9 Å². The van der Waals surface area contributed by atoms with Crippen LogP contribution in [0.5, 0.6) is 0 Å². The predicted molar refractivity (Wildman–Crippen MR) is 77.6 cm³/mol. The smallest absolute Gasteiger partial charge is 0.449 e. The first kappa shape index (κ1) is 17.6. The van der Waals surface area contributed by atoms with Crippen LogP contribution in [0.3, 0.4) is 0 Å². The first-order valence-corrected chi connectivity index (χ1v) is 7.80. The van der Waals surface area contributed by atoms with Crippen molar-refractivity contribution in [3.8, 4) is 0 Å². The minimum absolute atomic E-state index is 1.58. The molecule has 0 aromatic carbocycles. The number of carbonyl (C=O) groups is 1. The third kappa shape index (κ3) is 12.9. The van der Waals surface area contributed by atoms with Gasteiger partial charge in [-0.25, -0.2) is 4.79 Å². The molecule has 2 heterocycles. The molecule has 0 bridgehead atoms. The van der Waals surface area contributed by atoms with E-state index in [1.807, 2.05) is 47.5 Å². The van der Waals surface area contributed by atoms with E-state index in [1.165, 1.54) is 0 Å². The van der Waals surface area contributed by atoms with Crippen molar-refractivity contribution in [2.24, 2.45) is 0 Å². The highest BCUT2D eigenvalue weighted by Gasteiger charge is 2.14. The maximum absolute atomic E-state index is 9.29. The molecular weight excluding hydrogens is 312 g/mol. The zero-order valence-electron chi connectivity index (χ0n) is 9.46. The van der Waals surface area contributed by atoms with E-state index in [2.05, 4.69) is 9.44 Å². The van der Waals surface area contributed by atoms with Crippen LogP contribution in [0.1, 0.15) is 0 Å². The topological polar surface area (TPSA) is 116 Å². The predicted octanol–water partition coefficient (Wildman–Crippen LogP) is 2.08. The molecule has 0 aromatic rings. The maximum Gasteiger partial charge on any atom is 0.449 e. The van der Waals surface area contributed by atoms with E-state index in [0.29, 0.717) is 0 Å². The lowest BCUT2D eigenvalue weighted by atomic mass is 10.6. The number of carboxylic acid groups (broad SMARTS) is 1. The van der Waals surface area contributed by atoms with E-state index in [9.17, 15) is 13.2 Å². The Morgan fingerprint density at radius 2 is 1.32 bits per heavy atom. The molecule has 0 saturated carbocycles. The lowest BCUT2D eigenvalue weighted by Gasteiger charge is -1.93. The Hall–Kier alpha value is -1.36. The van der Waals surface area contributed by atoms with E-state index in [4.69, 9.17) is 9.66 Å². The van der Waals surface area contributed by atoms with Gasteiger partial charge in [-0.1, -0.05) is 12.2 Å². The summed E-state index contributed by atoms with van der Waals surface area (Å²) in [4.78, 5) is 9.18. The van der Waals surface area contributed by atoms with Crippen molar-refractivity contribution >= 4 is 39.3 Å². The molecule has 2 aliphatic heterocycles. The molecular formula is C9H12N2O5S3. The normalized spacial score (nSPS) is 15.0. The monoisotopic (exact) mass is 324 g/mol. The molecule has 0 aliphatic carbocycles. The number of hydrogen-bond acceptors (Lipinski definition) is 7. The molecule has 0 aromatic heterocycles. The Morgan fingerprint density at radius 3 is 1.37 bits per heavy atom. The second-order valence-corrected chi connectivity index (χ2v) is 5.37. The maximum atomic E-state index is 9.29. The fourth-order valence-electron chi connectivity index (χ4n) is 0.516. The summed E-state index contributed by atoms with van der Waals surface area (Å²) in [5, 5.41) is 9.16. The van der Waals surface area contributed by atoms with Crippen LogP contribution in [0.4, 0.5) is 4.79 Å². The number of allylic oxidation sites excluding steroid dienone is 4. The minimum atomic E-state index is -4.82. The molecule has 0 fully saturated rings. The van der Waals surface area contributed by atoms with Gasteiger partial charge in [0.1, 0.15) is 0 Å². The third-order valence-electron chi connectivity index (χ3n) is 1.20. The van der Waals surface area contributed by atoms with Gasteiger partial charge in [-0.15, -0.1) is 0 Å². The average molecular weight is 324 g/mol. The van der Waals surface area contributed by atoms with Crippen LogP contribution in [0, 0.1) is 0 Å². The van der Waals surface area contributed by atoms with Crippen molar-refractivity contribution in [2.45, 2.75) is 0 Å². The standard InChI is InChI=1S/2C4H5NS.CH2O5S/c2*1-2-4-6-5-3-1;2-1(3)7(4,5)6/h2*1-5H;(H,2,3)(H,4,5,6). The number of nitrogens with one attached hydrogen (secondary N) is 2. The SMILES string of the molecule is C1=CNSC=C1.C1=CNSC=C1.O=C(O)S(=O)(=O)O. The van der Waals surface area contributed by atoms with Crippen molar-refractivity contribution in [1.29, 1.82) is 0 Å². The Labute approximate surface area is 119 Å². The van der Waals surface area contributed by atoms with Crippen molar-refractivity contribution < 1.29 is 22.9 Å². The van der Waals surface area contributed by atoms with Crippen molar-refractivity contribution in [1.82, 2.24) is 9.44 Å². The molecule has 0 radical (unpaired) electrons. The zero-order chi connectivity index (χ0) is 14.6. The summed E-state index contributed by atoms with van der Waals surface area (Å²) in [6.07, 6.45) is 11.7. The first-order valence-electron chi connectivity index (χ1n) is 4.60. The Balaban J connectivity index is 0.000000256. The van der Waals surface area contributed by atoms with E-state index >= 15 is 0 Å². The van der Waals surface area contributed by atoms with Crippen LogP contribution in [0.25, 0.3) is 0 Å². The van der Waals surface area contributed by atoms with E-state index in [1.54, 1.807) is 23.9 Å². The van der Waals surface area contributed by atoms with Crippen LogP contribution in [0.15, 0.2) is 47.5 Å². The largest absolute Gasteiger partial charge is 0.468 e. The van der Waals surface area contributed by atoms with Gasteiger partial charge < -0.3 is 14.6 Å². The quantitative estimate of drug-likeness (QED) is 0.392. The highest BCUT2D eigenvalue weighted by molar-refractivity contribution is 8.00. The highest BCUT2D eigenvalue weighted by Crippen LogP contribution is 1.99. The summed E-state index contributed by atoms with van der Waals surface area (Å²) < 4.78 is 31.9. The molecule has 10 heteroatoms. The second kappa shape index (κ2) is 10.6. The van der Waals surface area contributed by atoms with E-state index in [0.717, 1.165) is 0 Å². The fourth-order valence-corrected chi connectivity index (χ4v) is 1.33. The molecule has 2 aliphatic rings. The lowest BCUT2D eigenvalue weighted by molar-refractivity contribution is 0.216. The molecule has 106 valence electrons. The lowest BCUT2D eigenvalue weighted by Crippen LogP contribution is -2.08. The Morgan fingerprint density at radius 1 is 0.947 bits per heavy atom. The molecule has 7 nitrogen and oxygen atoms in total. The van der Waals surface area contributed by atoms with Crippen LogP contribution >= 0.6 is 23.9 Å². The number of rotatable bonds is 0. The van der Waals surface area contributed by atoms with Crippen molar-refractivity contribution in [2.75, 3.05) is 0 Å². The van der Waals surface area contributed by atoms with Gasteiger partial charge in [0, 0.05) is 12.4 Å². The summed E-state index contributed by atoms with van der Waals surface area (Å²) in [6.45, 7) is 0. The molecule has 4 N–H and O–H groups in total. The molecule has 0 saturated heterocycles.